The van der Waals surface area contributed by atoms with E-state index in [9.17, 15) is 4.79 Å². The van der Waals surface area contributed by atoms with Crippen LogP contribution in [0.5, 0.6) is 0 Å². The molecule has 0 aromatic rings. The lowest BCUT2D eigenvalue weighted by molar-refractivity contribution is -0.106. The summed E-state index contributed by atoms with van der Waals surface area (Å²) >= 11 is 1.46. The van der Waals surface area contributed by atoms with E-state index in [1.165, 1.54) is 18.2 Å². The smallest absolute Gasteiger partial charge is 0.214 e. The molecule has 2 aliphatic heterocycles. The Hall–Kier alpha value is -0.440. The minimum absolute atomic E-state index is 0.217. The van der Waals surface area contributed by atoms with Crippen molar-refractivity contribution >= 4 is 16.9 Å². The summed E-state index contributed by atoms with van der Waals surface area (Å²) < 4.78 is 0. The van der Waals surface area contributed by atoms with Crippen LogP contribution in [0.2, 0.25) is 0 Å². The molecule has 0 amide bonds. The van der Waals surface area contributed by atoms with Crippen LogP contribution in [0.15, 0.2) is 11.8 Å². The largest absolute Gasteiger partial charge is 0.387 e. The maximum atomic E-state index is 10.9. The molecule has 1 fully saturated rings. The van der Waals surface area contributed by atoms with Crippen molar-refractivity contribution in [2.24, 2.45) is 0 Å². The van der Waals surface area contributed by atoms with E-state index in [1.54, 1.807) is 6.08 Å². The first-order valence-electron chi connectivity index (χ1n) is 3.52. The molecule has 10 heavy (non-hydrogen) atoms. The van der Waals surface area contributed by atoms with Crippen molar-refractivity contribution in [3.05, 3.63) is 11.8 Å². The number of rotatable bonds is 0. The van der Waals surface area contributed by atoms with Crippen LogP contribution in [-0.2, 0) is 4.79 Å². The van der Waals surface area contributed by atoms with Crippen molar-refractivity contribution in [2.75, 3.05) is 6.54 Å². The van der Waals surface area contributed by atoms with E-state index in [-0.39, 0.29) is 5.12 Å². The van der Waals surface area contributed by atoms with Crippen LogP contribution in [0.4, 0.5) is 0 Å². The lowest BCUT2D eigenvalue weighted by Crippen LogP contribution is -2.27. The molecule has 0 bridgehead atoms. The van der Waals surface area contributed by atoms with Crippen LogP contribution in [0, 0.1) is 0 Å². The second-order valence-electron chi connectivity index (χ2n) is 2.59. The zero-order valence-electron chi connectivity index (χ0n) is 5.59. The average Bonchev–Trinajstić information content (AvgIpc) is 2.27. The van der Waals surface area contributed by atoms with Gasteiger partial charge in [0, 0.05) is 18.3 Å². The summed E-state index contributed by atoms with van der Waals surface area (Å²) in [4.78, 5) is 10.9. The van der Waals surface area contributed by atoms with Crippen molar-refractivity contribution in [3.8, 4) is 0 Å². The Kier molecular flexibility index (Phi) is 1.45. The molecular formula is C7H9NOS. The molecule has 0 aliphatic carbocycles. The molecule has 0 saturated carbocycles. The van der Waals surface area contributed by atoms with Crippen molar-refractivity contribution < 1.29 is 4.79 Å². The van der Waals surface area contributed by atoms with E-state index >= 15 is 0 Å². The summed E-state index contributed by atoms with van der Waals surface area (Å²) in [6.45, 7) is 1.04. The third-order valence-electron chi connectivity index (χ3n) is 1.85. The average molecular weight is 155 g/mol. The fourth-order valence-electron chi connectivity index (χ4n) is 1.36. The third kappa shape index (κ3) is 0.944. The molecule has 1 unspecified atom stereocenters. The van der Waals surface area contributed by atoms with Gasteiger partial charge in [0.2, 0.25) is 5.12 Å². The molecule has 0 spiro atoms. The number of carbonyl (C=O) groups excluding carboxylic acids is 1. The van der Waals surface area contributed by atoms with Crippen LogP contribution in [-0.4, -0.2) is 16.9 Å². The Morgan fingerprint density at radius 3 is 3.40 bits per heavy atom. The van der Waals surface area contributed by atoms with E-state index in [0.717, 1.165) is 18.7 Å². The first kappa shape index (κ1) is 6.28. The van der Waals surface area contributed by atoms with Gasteiger partial charge in [-0.1, -0.05) is 11.8 Å². The summed E-state index contributed by atoms with van der Waals surface area (Å²) in [5.41, 5.74) is 1.15. The maximum absolute atomic E-state index is 10.9. The third-order valence-corrected chi connectivity index (χ3v) is 2.98. The van der Waals surface area contributed by atoms with Gasteiger partial charge in [-0.3, -0.25) is 4.79 Å². The highest BCUT2D eigenvalue weighted by Gasteiger charge is 2.27. The van der Waals surface area contributed by atoms with Crippen LogP contribution in [0.3, 0.4) is 0 Å². The van der Waals surface area contributed by atoms with Gasteiger partial charge in [-0.2, -0.15) is 0 Å². The maximum Gasteiger partial charge on any atom is 0.214 e. The normalized spacial score (nSPS) is 31.0. The van der Waals surface area contributed by atoms with Crippen LogP contribution >= 0.6 is 11.8 Å². The number of hydrogen-bond donors (Lipinski definition) is 1. The molecule has 2 heterocycles. The molecule has 3 heteroatoms. The van der Waals surface area contributed by atoms with Gasteiger partial charge in [0.1, 0.15) is 0 Å². The monoisotopic (exact) mass is 155 g/mol. The summed E-state index contributed by atoms with van der Waals surface area (Å²) in [6, 6.07) is 0. The van der Waals surface area contributed by atoms with Crippen LogP contribution in [0.1, 0.15) is 12.8 Å². The molecule has 0 aromatic carbocycles. The Bertz CT molecular complexity index is 200. The Balaban J connectivity index is 2.17. The fraction of sp³-hybridized carbons (Fsp3) is 0.571. The quantitative estimate of drug-likeness (QED) is 0.563. The predicted octanol–water partition coefficient (Wildman–Crippen LogP) is 0.896. The van der Waals surface area contributed by atoms with Gasteiger partial charge in [-0.05, 0) is 12.8 Å². The highest BCUT2D eigenvalue weighted by Crippen LogP contribution is 2.32. The summed E-state index contributed by atoms with van der Waals surface area (Å²) in [5, 5.41) is 3.91. The van der Waals surface area contributed by atoms with Crippen molar-refractivity contribution in [1.82, 2.24) is 5.32 Å². The van der Waals surface area contributed by atoms with Crippen molar-refractivity contribution in [1.29, 1.82) is 0 Å². The number of thioether (sulfide) groups is 1. The Morgan fingerprint density at radius 2 is 2.60 bits per heavy atom. The lowest BCUT2D eigenvalue weighted by atomic mass is 10.1. The molecule has 1 N–H and O–H groups in total. The number of hydrogen-bond acceptors (Lipinski definition) is 3. The molecule has 2 rings (SSSR count). The Labute approximate surface area is 64.1 Å². The topological polar surface area (TPSA) is 29.1 Å². The van der Waals surface area contributed by atoms with E-state index in [1.807, 2.05) is 0 Å². The summed E-state index contributed by atoms with van der Waals surface area (Å²) in [6.07, 6.45) is 4.09. The minimum Gasteiger partial charge on any atom is -0.387 e. The molecule has 2 nitrogen and oxygen atoms in total. The van der Waals surface area contributed by atoms with Gasteiger partial charge in [0.25, 0.3) is 0 Å². The molecule has 1 saturated heterocycles. The lowest BCUT2D eigenvalue weighted by Gasteiger charge is -2.20. The fourth-order valence-corrected chi connectivity index (χ4v) is 2.40. The van der Waals surface area contributed by atoms with E-state index in [0.29, 0.717) is 5.25 Å². The van der Waals surface area contributed by atoms with Gasteiger partial charge in [-0.25, -0.2) is 0 Å². The molecule has 0 aromatic heterocycles. The van der Waals surface area contributed by atoms with Gasteiger partial charge < -0.3 is 5.32 Å². The second-order valence-corrected chi connectivity index (χ2v) is 3.80. The molecular weight excluding hydrogens is 146 g/mol. The zero-order chi connectivity index (χ0) is 6.97. The van der Waals surface area contributed by atoms with Crippen molar-refractivity contribution in [3.63, 3.8) is 0 Å². The summed E-state index contributed by atoms with van der Waals surface area (Å²) in [7, 11) is 0. The standard InChI is InChI=1S/C7H9NOS/c9-7-4-5-6(10-7)2-1-3-8-5/h4,6,8H,1-3H2. The predicted molar refractivity (Wildman–Crippen MR) is 41.7 cm³/mol. The van der Waals surface area contributed by atoms with Crippen LogP contribution in [0.25, 0.3) is 0 Å². The number of fused-ring (bicyclic) bond motifs is 1. The van der Waals surface area contributed by atoms with E-state index in [2.05, 4.69) is 5.32 Å². The number of piperidine rings is 1. The first-order chi connectivity index (χ1) is 4.86. The van der Waals surface area contributed by atoms with Gasteiger partial charge in [0.05, 0.1) is 5.25 Å². The number of nitrogens with one attached hydrogen (secondary N) is 1. The zero-order valence-corrected chi connectivity index (χ0v) is 6.41. The second kappa shape index (κ2) is 2.31. The molecule has 0 radical (unpaired) electrons. The molecule has 1 atom stereocenters. The number of carbonyl (C=O) groups is 1. The van der Waals surface area contributed by atoms with E-state index < -0.39 is 0 Å². The summed E-state index contributed by atoms with van der Waals surface area (Å²) in [5.74, 6) is 0. The van der Waals surface area contributed by atoms with Crippen molar-refractivity contribution in [2.45, 2.75) is 18.1 Å². The van der Waals surface area contributed by atoms with Gasteiger partial charge in [-0.15, -0.1) is 0 Å². The molecule has 2 aliphatic rings. The van der Waals surface area contributed by atoms with Crippen LogP contribution < -0.4 is 5.32 Å². The Morgan fingerprint density at radius 1 is 1.70 bits per heavy atom. The van der Waals surface area contributed by atoms with Gasteiger partial charge in [0.15, 0.2) is 0 Å². The highest BCUT2D eigenvalue weighted by atomic mass is 32.2. The van der Waals surface area contributed by atoms with E-state index in [4.69, 9.17) is 0 Å². The SMILES string of the molecule is O=C1C=C2NCCCC2S1. The highest BCUT2D eigenvalue weighted by molar-refractivity contribution is 8.15. The minimum atomic E-state index is 0.217. The first-order valence-corrected chi connectivity index (χ1v) is 4.40. The molecule has 54 valence electrons. The van der Waals surface area contributed by atoms with Gasteiger partial charge >= 0.3 is 0 Å².